The van der Waals surface area contributed by atoms with Gasteiger partial charge in [-0.3, -0.25) is 0 Å². The van der Waals surface area contributed by atoms with Crippen LogP contribution in [0.1, 0.15) is 31.3 Å². The van der Waals surface area contributed by atoms with Crippen LogP contribution in [0.15, 0.2) is 30.3 Å². The van der Waals surface area contributed by atoms with E-state index in [2.05, 4.69) is 41.5 Å². The summed E-state index contributed by atoms with van der Waals surface area (Å²) in [5, 5.41) is 14.0. The van der Waals surface area contributed by atoms with E-state index in [1.54, 1.807) is 11.3 Å². The third-order valence-electron chi connectivity index (χ3n) is 2.62. The monoisotopic (exact) mass is 247 g/mol. The largest absolute Gasteiger partial charge is 0.308 e. The van der Waals surface area contributed by atoms with Crippen LogP contribution < -0.4 is 5.32 Å². The Labute approximate surface area is 106 Å². The fourth-order valence-electron chi connectivity index (χ4n) is 1.73. The van der Waals surface area contributed by atoms with Crippen molar-refractivity contribution in [2.45, 2.75) is 26.3 Å². The van der Waals surface area contributed by atoms with Gasteiger partial charge in [-0.15, -0.1) is 10.2 Å². The van der Waals surface area contributed by atoms with Crippen molar-refractivity contribution in [2.24, 2.45) is 0 Å². The van der Waals surface area contributed by atoms with Crippen molar-refractivity contribution in [1.29, 1.82) is 0 Å². The van der Waals surface area contributed by atoms with E-state index in [-0.39, 0.29) is 0 Å². The highest BCUT2D eigenvalue weighted by atomic mass is 32.1. The standard InChI is InChI=1S/C13H17N3S/c1-3-11(14-4-2)13-16-15-12(17-13)10-8-6-5-7-9-10/h5-9,11,14H,3-4H2,1-2H3. The molecule has 0 aliphatic rings. The van der Waals surface area contributed by atoms with Gasteiger partial charge in [-0.05, 0) is 13.0 Å². The molecule has 90 valence electrons. The van der Waals surface area contributed by atoms with Crippen LogP contribution in [0, 0.1) is 0 Å². The predicted molar refractivity (Wildman–Crippen MR) is 72.1 cm³/mol. The molecule has 2 aromatic rings. The van der Waals surface area contributed by atoms with Crippen LogP contribution in [0.25, 0.3) is 10.6 Å². The summed E-state index contributed by atoms with van der Waals surface area (Å²) >= 11 is 1.67. The molecule has 2 rings (SSSR count). The van der Waals surface area contributed by atoms with Gasteiger partial charge >= 0.3 is 0 Å². The fraction of sp³-hybridized carbons (Fsp3) is 0.385. The Balaban J connectivity index is 2.21. The van der Waals surface area contributed by atoms with Crippen molar-refractivity contribution in [3.8, 4) is 10.6 Å². The highest BCUT2D eigenvalue weighted by Gasteiger charge is 2.14. The Morgan fingerprint density at radius 1 is 1.18 bits per heavy atom. The molecule has 0 spiro atoms. The predicted octanol–water partition coefficient (Wildman–Crippen LogP) is 3.27. The topological polar surface area (TPSA) is 37.8 Å². The van der Waals surface area contributed by atoms with Gasteiger partial charge in [0.05, 0.1) is 6.04 Å². The first-order valence-corrected chi connectivity index (χ1v) is 6.79. The summed E-state index contributed by atoms with van der Waals surface area (Å²) in [5.41, 5.74) is 1.14. The lowest BCUT2D eigenvalue weighted by Crippen LogP contribution is -2.19. The van der Waals surface area contributed by atoms with Crippen molar-refractivity contribution in [2.75, 3.05) is 6.54 Å². The number of nitrogens with zero attached hydrogens (tertiary/aromatic N) is 2. The SMILES string of the molecule is CCNC(CC)c1nnc(-c2ccccc2)s1. The number of benzene rings is 1. The third-order valence-corrected chi connectivity index (χ3v) is 3.70. The van der Waals surface area contributed by atoms with E-state index in [4.69, 9.17) is 0 Å². The van der Waals surface area contributed by atoms with E-state index < -0.39 is 0 Å². The van der Waals surface area contributed by atoms with E-state index >= 15 is 0 Å². The number of hydrogen-bond acceptors (Lipinski definition) is 4. The van der Waals surface area contributed by atoms with Crippen LogP contribution >= 0.6 is 11.3 Å². The van der Waals surface area contributed by atoms with Crippen LogP contribution in [0.3, 0.4) is 0 Å². The molecule has 0 amide bonds. The van der Waals surface area contributed by atoms with E-state index in [1.165, 1.54) is 0 Å². The zero-order valence-corrected chi connectivity index (χ0v) is 11.0. The van der Waals surface area contributed by atoms with Gasteiger partial charge in [-0.25, -0.2) is 0 Å². The van der Waals surface area contributed by atoms with Crippen molar-refractivity contribution in [1.82, 2.24) is 15.5 Å². The molecule has 1 atom stereocenters. The quantitative estimate of drug-likeness (QED) is 0.881. The molecule has 0 saturated carbocycles. The zero-order valence-electron chi connectivity index (χ0n) is 10.2. The number of aromatic nitrogens is 2. The van der Waals surface area contributed by atoms with Gasteiger partial charge in [0.2, 0.25) is 0 Å². The van der Waals surface area contributed by atoms with Gasteiger partial charge in [-0.1, -0.05) is 55.5 Å². The summed E-state index contributed by atoms with van der Waals surface area (Å²) in [4.78, 5) is 0. The Hall–Kier alpha value is -1.26. The average Bonchev–Trinajstić information content (AvgIpc) is 2.86. The first-order chi connectivity index (χ1) is 8.35. The molecule has 1 N–H and O–H groups in total. The van der Waals surface area contributed by atoms with E-state index in [0.717, 1.165) is 28.5 Å². The first-order valence-electron chi connectivity index (χ1n) is 5.97. The zero-order chi connectivity index (χ0) is 12.1. The molecule has 0 aliphatic carbocycles. The summed E-state index contributed by atoms with van der Waals surface area (Å²) < 4.78 is 0. The molecule has 1 heterocycles. The average molecular weight is 247 g/mol. The van der Waals surface area contributed by atoms with Crippen molar-refractivity contribution >= 4 is 11.3 Å². The Morgan fingerprint density at radius 3 is 2.59 bits per heavy atom. The number of hydrogen-bond donors (Lipinski definition) is 1. The molecule has 0 aliphatic heterocycles. The minimum Gasteiger partial charge on any atom is -0.308 e. The molecule has 4 heteroatoms. The smallest absolute Gasteiger partial charge is 0.147 e. The fourth-order valence-corrected chi connectivity index (χ4v) is 2.73. The normalized spacial score (nSPS) is 12.6. The first kappa shape index (κ1) is 12.2. The third kappa shape index (κ3) is 2.90. The number of rotatable bonds is 5. The molecule has 1 aromatic carbocycles. The van der Waals surface area contributed by atoms with Crippen molar-refractivity contribution in [3.63, 3.8) is 0 Å². The van der Waals surface area contributed by atoms with Crippen molar-refractivity contribution < 1.29 is 0 Å². The summed E-state index contributed by atoms with van der Waals surface area (Å²) in [7, 11) is 0. The van der Waals surface area contributed by atoms with Gasteiger partial charge in [0.15, 0.2) is 0 Å². The molecule has 0 radical (unpaired) electrons. The molecule has 0 saturated heterocycles. The van der Waals surface area contributed by atoms with Crippen LogP contribution in [-0.2, 0) is 0 Å². The van der Waals surface area contributed by atoms with Gasteiger partial charge in [0.1, 0.15) is 10.0 Å². The summed E-state index contributed by atoms with van der Waals surface area (Å²) in [6.45, 7) is 5.23. The van der Waals surface area contributed by atoms with Crippen LogP contribution in [0.5, 0.6) is 0 Å². The molecular weight excluding hydrogens is 230 g/mol. The van der Waals surface area contributed by atoms with Crippen LogP contribution in [0.4, 0.5) is 0 Å². The maximum atomic E-state index is 4.29. The van der Waals surface area contributed by atoms with E-state index in [9.17, 15) is 0 Å². The Kier molecular flexibility index (Phi) is 4.23. The lowest BCUT2D eigenvalue weighted by molar-refractivity contribution is 0.531. The number of nitrogens with one attached hydrogen (secondary N) is 1. The molecule has 1 aromatic heterocycles. The van der Waals surface area contributed by atoms with Gasteiger partial charge in [0, 0.05) is 5.56 Å². The Bertz CT molecular complexity index is 453. The van der Waals surface area contributed by atoms with Gasteiger partial charge in [-0.2, -0.15) is 0 Å². The minimum absolute atomic E-state index is 0.329. The molecule has 1 unspecified atom stereocenters. The highest BCUT2D eigenvalue weighted by Crippen LogP contribution is 2.27. The van der Waals surface area contributed by atoms with E-state index in [1.807, 2.05) is 18.2 Å². The molecular formula is C13H17N3S. The summed E-state index contributed by atoms with van der Waals surface area (Å²) in [6, 6.07) is 10.5. The van der Waals surface area contributed by atoms with Gasteiger partial charge < -0.3 is 5.32 Å². The lowest BCUT2D eigenvalue weighted by Gasteiger charge is -2.10. The maximum Gasteiger partial charge on any atom is 0.147 e. The summed E-state index contributed by atoms with van der Waals surface area (Å²) in [5.74, 6) is 0. The second kappa shape index (κ2) is 5.89. The molecule has 0 bridgehead atoms. The molecule has 0 fully saturated rings. The molecule has 3 nitrogen and oxygen atoms in total. The Morgan fingerprint density at radius 2 is 1.94 bits per heavy atom. The molecule has 17 heavy (non-hydrogen) atoms. The lowest BCUT2D eigenvalue weighted by atomic mass is 10.2. The highest BCUT2D eigenvalue weighted by molar-refractivity contribution is 7.14. The second-order valence-corrected chi connectivity index (χ2v) is 4.84. The van der Waals surface area contributed by atoms with Crippen LogP contribution in [0.2, 0.25) is 0 Å². The second-order valence-electron chi connectivity index (χ2n) is 3.83. The van der Waals surface area contributed by atoms with Gasteiger partial charge in [0.25, 0.3) is 0 Å². The van der Waals surface area contributed by atoms with Crippen LogP contribution in [-0.4, -0.2) is 16.7 Å². The maximum absolute atomic E-state index is 4.29. The minimum atomic E-state index is 0.329. The van der Waals surface area contributed by atoms with E-state index in [0.29, 0.717) is 6.04 Å². The van der Waals surface area contributed by atoms with Crippen molar-refractivity contribution in [3.05, 3.63) is 35.3 Å². The summed E-state index contributed by atoms with van der Waals surface area (Å²) in [6.07, 6.45) is 1.04.